The molecule has 0 heterocycles. The van der Waals surface area contributed by atoms with Crippen LogP contribution < -0.4 is 0 Å². The normalized spacial score (nSPS) is 32.3. The first kappa shape index (κ1) is 25.6. The van der Waals surface area contributed by atoms with Gasteiger partial charge in [0.1, 0.15) is 0 Å². The molecule has 0 radical (unpaired) electrons. The fraction of sp³-hybridized carbons (Fsp3) is 0.706. The third-order valence-electron chi connectivity index (χ3n) is 9.67. The molecule has 1 aromatic rings. The van der Waals surface area contributed by atoms with E-state index in [1.165, 1.54) is 108 Å². The summed E-state index contributed by atoms with van der Waals surface area (Å²) in [7, 11) is 0. The lowest BCUT2D eigenvalue weighted by molar-refractivity contribution is 0.152. The van der Waals surface area contributed by atoms with Gasteiger partial charge in [0.25, 0.3) is 0 Å². The minimum atomic E-state index is 0.757. The zero-order chi connectivity index (χ0) is 23.6. The molecule has 0 saturated heterocycles. The van der Waals surface area contributed by atoms with Gasteiger partial charge in [-0.2, -0.15) is 0 Å². The summed E-state index contributed by atoms with van der Waals surface area (Å²) in [6.07, 6.45) is 27.5. The molecule has 3 fully saturated rings. The molecular weight excluding hydrogens is 408 g/mol. The first-order chi connectivity index (χ1) is 16.7. The van der Waals surface area contributed by atoms with Crippen molar-refractivity contribution in [3.8, 4) is 11.8 Å². The lowest BCUT2D eigenvalue weighted by Gasteiger charge is -2.37. The lowest BCUT2D eigenvalue weighted by atomic mass is 9.69. The van der Waals surface area contributed by atoms with Crippen molar-refractivity contribution < 1.29 is 0 Å². The predicted octanol–water partition coefficient (Wildman–Crippen LogP) is 10.1. The fourth-order valence-electron chi connectivity index (χ4n) is 7.51. The summed E-state index contributed by atoms with van der Waals surface area (Å²) in [5, 5.41) is 0. The molecule has 0 spiro atoms. The molecule has 1 aromatic carbocycles. The Morgan fingerprint density at radius 2 is 1.21 bits per heavy atom. The summed E-state index contributed by atoms with van der Waals surface area (Å²) in [5.74, 6) is 12.3. The molecule has 0 aromatic heterocycles. The standard InChI is InChI=1S/C34H50/c1-3-7-27-11-19-31(20-12-27)33-23-15-29(16-24-33)9-5-6-10-30-17-25-34(26-18-30)32-21-13-28(8-4-2)14-22-32/h5,9,17-18,25-29,31-33H,3-4,7-8,11-16,19-24H2,1-2H3/t27-,28-,29-,31-,32-,33-. The van der Waals surface area contributed by atoms with Gasteiger partial charge in [0, 0.05) is 5.56 Å². The van der Waals surface area contributed by atoms with Crippen molar-refractivity contribution in [3.05, 3.63) is 47.5 Å². The van der Waals surface area contributed by atoms with Crippen molar-refractivity contribution in [1.82, 2.24) is 0 Å². The minimum absolute atomic E-state index is 0.757. The van der Waals surface area contributed by atoms with Gasteiger partial charge < -0.3 is 0 Å². The SMILES string of the molecule is CCC[C@H]1CC[C@H](c2ccc(C#CC=C[C@H]3CC[C@H]([C@H]4CC[C@H](CCC)CC4)CC3)cc2)CC1. The summed E-state index contributed by atoms with van der Waals surface area (Å²) in [4.78, 5) is 0. The second kappa shape index (κ2) is 13.6. The van der Waals surface area contributed by atoms with Crippen LogP contribution in [-0.2, 0) is 0 Å². The van der Waals surface area contributed by atoms with Gasteiger partial charge in [-0.3, -0.25) is 0 Å². The van der Waals surface area contributed by atoms with Crippen LogP contribution in [0, 0.1) is 41.4 Å². The van der Waals surface area contributed by atoms with Gasteiger partial charge in [0.2, 0.25) is 0 Å². The van der Waals surface area contributed by atoms with E-state index in [1.807, 2.05) is 0 Å². The Labute approximate surface area is 211 Å². The Balaban J connectivity index is 1.17. The molecule has 0 bridgehead atoms. The summed E-state index contributed by atoms with van der Waals surface area (Å²) < 4.78 is 0. The van der Waals surface area contributed by atoms with Crippen LogP contribution in [0.15, 0.2) is 36.4 Å². The van der Waals surface area contributed by atoms with Gasteiger partial charge in [-0.05, 0) is 123 Å². The number of benzene rings is 1. The van der Waals surface area contributed by atoms with Crippen LogP contribution in [0.3, 0.4) is 0 Å². The zero-order valence-corrected chi connectivity index (χ0v) is 22.2. The van der Waals surface area contributed by atoms with Crippen LogP contribution in [-0.4, -0.2) is 0 Å². The van der Waals surface area contributed by atoms with Crippen LogP contribution >= 0.6 is 0 Å². The minimum Gasteiger partial charge on any atom is -0.0730 e. The first-order valence-corrected chi connectivity index (χ1v) is 15.0. The van der Waals surface area contributed by atoms with Crippen LogP contribution in [0.2, 0.25) is 0 Å². The Bertz CT molecular complexity index is 779. The molecule has 3 aliphatic carbocycles. The van der Waals surface area contributed by atoms with Crippen LogP contribution in [0.5, 0.6) is 0 Å². The Kier molecular flexibility index (Phi) is 10.2. The van der Waals surface area contributed by atoms with Crippen LogP contribution in [0.1, 0.15) is 134 Å². The molecular formula is C34H50. The third-order valence-corrected chi connectivity index (χ3v) is 9.67. The van der Waals surface area contributed by atoms with E-state index >= 15 is 0 Å². The highest BCUT2D eigenvalue weighted by Crippen LogP contribution is 2.42. The lowest BCUT2D eigenvalue weighted by Crippen LogP contribution is -2.25. The maximum atomic E-state index is 3.38. The molecule has 0 atom stereocenters. The van der Waals surface area contributed by atoms with Gasteiger partial charge in [0.05, 0.1) is 0 Å². The summed E-state index contributed by atoms with van der Waals surface area (Å²) in [5.41, 5.74) is 2.70. The number of rotatable bonds is 7. The van der Waals surface area contributed by atoms with Crippen molar-refractivity contribution in [2.24, 2.45) is 29.6 Å². The highest BCUT2D eigenvalue weighted by Gasteiger charge is 2.30. The van der Waals surface area contributed by atoms with Gasteiger partial charge >= 0.3 is 0 Å². The van der Waals surface area contributed by atoms with Crippen molar-refractivity contribution in [1.29, 1.82) is 0 Å². The second-order valence-corrected chi connectivity index (χ2v) is 12.0. The number of hydrogen-bond acceptors (Lipinski definition) is 0. The van der Waals surface area contributed by atoms with Crippen molar-refractivity contribution in [3.63, 3.8) is 0 Å². The predicted molar refractivity (Wildman–Crippen MR) is 148 cm³/mol. The van der Waals surface area contributed by atoms with E-state index in [0.717, 1.165) is 41.1 Å². The molecule has 0 aliphatic heterocycles. The van der Waals surface area contributed by atoms with Crippen LogP contribution in [0.25, 0.3) is 0 Å². The molecule has 3 saturated carbocycles. The molecule has 3 aliphatic rings. The average Bonchev–Trinajstić information content (AvgIpc) is 2.89. The van der Waals surface area contributed by atoms with Gasteiger partial charge in [-0.25, -0.2) is 0 Å². The topological polar surface area (TPSA) is 0 Å². The van der Waals surface area contributed by atoms with E-state index in [0.29, 0.717) is 0 Å². The van der Waals surface area contributed by atoms with Gasteiger partial charge in [-0.15, -0.1) is 0 Å². The Morgan fingerprint density at radius 3 is 1.76 bits per heavy atom. The van der Waals surface area contributed by atoms with Crippen molar-refractivity contribution >= 4 is 0 Å². The maximum Gasteiger partial charge on any atom is 0.0249 e. The van der Waals surface area contributed by atoms with Crippen LogP contribution in [0.4, 0.5) is 0 Å². The molecule has 0 heteroatoms. The van der Waals surface area contributed by atoms with E-state index in [2.05, 4.69) is 62.1 Å². The molecule has 0 N–H and O–H groups in total. The fourth-order valence-corrected chi connectivity index (χ4v) is 7.51. The number of hydrogen-bond donors (Lipinski definition) is 0. The van der Waals surface area contributed by atoms with Gasteiger partial charge in [0.15, 0.2) is 0 Å². The smallest absolute Gasteiger partial charge is 0.0249 e. The second-order valence-electron chi connectivity index (χ2n) is 12.0. The molecule has 0 amide bonds. The Hall–Kier alpha value is -1.48. The summed E-state index contributed by atoms with van der Waals surface area (Å²) in [6.45, 7) is 4.67. The van der Waals surface area contributed by atoms with Gasteiger partial charge in [-0.1, -0.05) is 82.4 Å². The summed E-state index contributed by atoms with van der Waals surface area (Å²) in [6, 6.07) is 9.18. The molecule has 4 rings (SSSR count). The highest BCUT2D eigenvalue weighted by molar-refractivity contribution is 5.39. The number of allylic oxidation sites excluding steroid dienone is 2. The summed E-state index contributed by atoms with van der Waals surface area (Å²) >= 11 is 0. The van der Waals surface area contributed by atoms with E-state index in [-0.39, 0.29) is 0 Å². The third kappa shape index (κ3) is 7.51. The van der Waals surface area contributed by atoms with E-state index < -0.39 is 0 Å². The quantitative estimate of drug-likeness (QED) is 0.356. The molecule has 34 heavy (non-hydrogen) atoms. The van der Waals surface area contributed by atoms with Crippen molar-refractivity contribution in [2.45, 2.75) is 122 Å². The highest BCUT2D eigenvalue weighted by atomic mass is 14.4. The zero-order valence-electron chi connectivity index (χ0n) is 22.2. The first-order valence-electron chi connectivity index (χ1n) is 15.0. The average molecular weight is 459 g/mol. The maximum absolute atomic E-state index is 3.38. The van der Waals surface area contributed by atoms with E-state index in [9.17, 15) is 0 Å². The largest absolute Gasteiger partial charge is 0.0730 e. The molecule has 0 nitrogen and oxygen atoms in total. The Morgan fingerprint density at radius 1 is 0.676 bits per heavy atom. The monoisotopic (exact) mass is 458 g/mol. The van der Waals surface area contributed by atoms with E-state index in [1.54, 1.807) is 0 Å². The molecule has 186 valence electrons. The van der Waals surface area contributed by atoms with Crippen molar-refractivity contribution in [2.75, 3.05) is 0 Å². The van der Waals surface area contributed by atoms with E-state index in [4.69, 9.17) is 0 Å². The molecule has 0 unspecified atom stereocenters.